The zero-order chi connectivity index (χ0) is 13.5. The summed E-state index contributed by atoms with van der Waals surface area (Å²) in [5.74, 6) is 0.746. The number of aromatic nitrogens is 2. The summed E-state index contributed by atoms with van der Waals surface area (Å²) < 4.78 is 0. The van der Waals surface area contributed by atoms with Gasteiger partial charge in [-0.3, -0.25) is 4.79 Å². The summed E-state index contributed by atoms with van der Waals surface area (Å²) in [5.41, 5.74) is 0.400. The predicted octanol–water partition coefficient (Wildman–Crippen LogP) is 2.00. The van der Waals surface area contributed by atoms with Crippen molar-refractivity contribution in [3.05, 3.63) is 17.8 Å². The lowest BCUT2D eigenvalue weighted by Gasteiger charge is -2.27. The monoisotopic (exact) mass is 262 g/mol. The summed E-state index contributed by atoms with van der Waals surface area (Å²) in [6.45, 7) is 4.87. The number of hydrogen-bond acceptors (Lipinski definition) is 4. The van der Waals surface area contributed by atoms with Crippen molar-refractivity contribution in [3.63, 3.8) is 0 Å². The number of nitrogens with zero attached hydrogens (tertiary/aromatic N) is 3. The van der Waals surface area contributed by atoms with Gasteiger partial charge in [-0.1, -0.05) is 13.3 Å². The first-order chi connectivity index (χ1) is 9.31. The Morgan fingerprint density at radius 3 is 2.68 bits per heavy atom. The van der Waals surface area contributed by atoms with E-state index in [4.69, 9.17) is 0 Å². The van der Waals surface area contributed by atoms with Gasteiger partial charge in [-0.25, -0.2) is 0 Å². The highest BCUT2D eigenvalue weighted by molar-refractivity contribution is 5.92. The molecule has 1 aromatic heterocycles. The van der Waals surface area contributed by atoms with E-state index in [-0.39, 0.29) is 5.91 Å². The molecule has 104 valence electrons. The topological polar surface area (TPSA) is 58.1 Å². The molecule has 1 amide bonds. The Bertz CT molecular complexity index is 398. The molecule has 2 rings (SSSR count). The molecule has 5 nitrogen and oxygen atoms in total. The number of piperidine rings is 1. The van der Waals surface area contributed by atoms with Crippen LogP contribution in [-0.2, 0) is 0 Å². The van der Waals surface area contributed by atoms with Crippen LogP contribution in [0.25, 0.3) is 0 Å². The SMILES string of the molecule is CCCCNC(=O)c1ccc(N2CCCCC2)nn1. The molecule has 0 saturated carbocycles. The molecule has 1 aromatic rings. The molecule has 0 atom stereocenters. The lowest BCUT2D eigenvalue weighted by Crippen LogP contribution is -2.31. The highest BCUT2D eigenvalue weighted by Gasteiger charge is 2.13. The maximum absolute atomic E-state index is 11.8. The van der Waals surface area contributed by atoms with E-state index in [1.807, 2.05) is 6.07 Å². The van der Waals surface area contributed by atoms with Crippen molar-refractivity contribution in [2.24, 2.45) is 0 Å². The minimum atomic E-state index is -0.133. The normalized spacial score (nSPS) is 15.3. The van der Waals surface area contributed by atoms with Crippen molar-refractivity contribution in [1.29, 1.82) is 0 Å². The standard InChI is InChI=1S/C14H22N4O/c1-2-3-9-15-14(19)12-7-8-13(17-16-12)18-10-5-4-6-11-18/h7-8H,2-6,9-11H2,1H3,(H,15,19). The van der Waals surface area contributed by atoms with Crippen LogP contribution in [0, 0.1) is 0 Å². The fourth-order valence-electron chi connectivity index (χ4n) is 2.21. The zero-order valence-corrected chi connectivity index (χ0v) is 11.6. The van der Waals surface area contributed by atoms with E-state index in [2.05, 4.69) is 27.3 Å². The van der Waals surface area contributed by atoms with E-state index in [0.717, 1.165) is 31.7 Å². The van der Waals surface area contributed by atoms with Gasteiger partial charge in [-0.05, 0) is 37.8 Å². The van der Waals surface area contributed by atoms with Gasteiger partial charge in [0.1, 0.15) is 0 Å². The number of nitrogens with one attached hydrogen (secondary N) is 1. The fourth-order valence-corrected chi connectivity index (χ4v) is 2.21. The molecule has 1 aliphatic rings. The van der Waals surface area contributed by atoms with Crippen molar-refractivity contribution in [2.75, 3.05) is 24.5 Å². The van der Waals surface area contributed by atoms with E-state index in [1.165, 1.54) is 19.3 Å². The van der Waals surface area contributed by atoms with Gasteiger partial charge in [0.15, 0.2) is 11.5 Å². The van der Waals surface area contributed by atoms with Crippen LogP contribution in [-0.4, -0.2) is 35.7 Å². The van der Waals surface area contributed by atoms with Crippen LogP contribution in [0.3, 0.4) is 0 Å². The van der Waals surface area contributed by atoms with E-state index in [9.17, 15) is 4.79 Å². The molecule has 0 aromatic carbocycles. The van der Waals surface area contributed by atoms with Crippen LogP contribution in [0.4, 0.5) is 5.82 Å². The molecule has 0 aliphatic carbocycles. The highest BCUT2D eigenvalue weighted by atomic mass is 16.1. The highest BCUT2D eigenvalue weighted by Crippen LogP contribution is 2.16. The molecule has 2 heterocycles. The molecular formula is C14H22N4O. The third kappa shape index (κ3) is 3.91. The number of carbonyl (C=O) groups is 1. The number of anilines is 1. The average molecular weight is 262 g/mol. The second kappa shape index (κ2) is 7.07. The van der Waals surface area contributed by atoms with Crippen LogP contribution in [0.5, 0.6) is 0 Å². The molecular weight excluding hydrogens is 240 g/mol. The summed E-state index contributed by atoms with van der Waals surface area (Å²) in [7, 11) is 0. The molecule has 0 bridgehead atoms. The fraction of sp³-hybridized carbons (Fsp3) is 0.643. The maximum atomic E-state index is 11.8. The molecule has 1 fully saturated rings. The van der Waals surface area contributed by atoms with Crippen LogP contribution < -0.4 is 10.2 Å². The molecule has 19 heavy (non-hydrogen) atoms. The Labute approximate surface area is 114 Å². The lowest BCUT2D eigenvalue weighted by molar-refractivity contribution is 0.0947. The first-order valence-electron chi connectivity index (χ1n) is 7.18. The minimum absolute atomic E-state index is 0.133. The Hall–Kier alpha value is -1.65. The zero-order valence-electron chi connectivity index (χ0n) is 11.6. The van der Waals surface area contributed by atoms with Crippen molar-refractivity contribution >= 4 is 11.7 Å². The Morgan fingerprint density at radius 1 is 1.26 bits per heavy atom. The van der Waals surface area contributed by atoms with E-state index < -0.39 is 0 Å². The summed E-state index contributed by atoms with van der Waals surface area (Å²) in [6.07, 6.45) is 5.77. The van der Waals surface area contributed by atoms with Crippen LogP contribution in [0.2, 0.25) is 0 Å². The Kier molecular flexibility index (Phi) is 5.12. The Balaban J connectivity index is 1.91. The van der Waals surface area contributed by atoms with Gasteiger partial charge in [0.25, 0.3) is 5.91 Å². The first-order valence-corrected chi connectivity index (χ1v) is 7.18. The van der Waals surface area contributed by atoms with Gasteiger partial charge >= 0.3 is 0 Å². The molecule has 0 radical (unpaired) electrons. The second-order valence-corrected chi connectivity index (χ2v) is 4.93. The summed E-state index contributed by atoms with van der Waals surface area (Å²) in [4.78, 5) is 14.0. The molecule has 1 aliphatic heterocycles. The molecule has 1 N–H and O–H groups in total. The average Bonchev–Trinajstić information content (AvgIpc) is 2.48. The number of carbonyl (C=O) groups excluding carboxylic acids is 1. The largest absolute Gasteiger partial charge is 0.355 e. The van der Waals surface area contributed by atoms with Gasteiger partial charge in [0.05, 0.1) is 0 Å². The summed E-state index contributed by atoms with van der Waals surface area (Å²) >= 11 is 0. The van der Waals surface area contributed by atoms with E-state index >= 15 is 0 Å². The molecule has 0 unspecified atom stereocenters. The predicted molar refractivity (Wildman–Crippen MR) is 75.3 cm³/mol. The maximum Gasteiger partial charge on any atom is 0.271 e. The molecule has 5 heteroatoms. The second-order valence-electron chi connectivity index (χ2n) is 4.93. The summed E-state index contributed by atoms with van der Waals surface area (Å²) in [6, 6.07) is 3.66. The lowest BCUT2D eigenvalue weighted by atomic mass is 10.1. The van der Waals surface area contributed by atoms with Crippen molar-refractivity contribution in [1.82, 2.24) is 15.5 Å². The summed E-state index contributed by atoms with van der Waals surface area (Å²) in [5, 5.41) is 11.0. The van der Waals surface area contributed by atoms with Gasteiger partial charge in [0, 0.05) is 19.6 Å². The van der Waals surface area contributed by atoms with Gasteiger partial charge in [-0.15, -0.1) is 10.2 Å². The number of amides is 1. The van der Waals surface area contributed by atoms with Crippen LogP contribution in [0.15, 0.2) is 12.1 Å². The first kappa shape index (κ1) is 13.8. The van der Waals surface area contributed by atoms with Gasteiger partial charge in [0.2, 0.25) is 0 Å². The van der Waals surface area contributed by atoms with Crippen molar-refractivity contribution in [2.45, 2.75) is 39.0 Å². The molecule has 0 spiro atoms. The smallest absolute Gasteiger partial charge is 0.271 e. The van der Waals surface area contributed by atoms with Crippen molar-refractivity contribution in [3.8, 4) is 0 Å². The number of hydrogen-bond donors (Lipinski definition) is 1. The quantitative estimate of drug-likeness (QED) is 0.825. The number of rotatable bonds is 5. The van der Waals surface area contributed by atoms with E-state index in [1.54, 1.807) is 6.07 Å². The molecule has 1 saturated heterocycles. The van der Waals surface area contributed by atoms with Gasteiger partial charge < -0.3 is 10.2 Å². The van der Waals surface area contributed by atoms with E-state index in [0.29, 0.717) is 12.2 Å². The van der Waals surface area contributed by atoms with Gasteiger partial charge in [-0.2, -0.15) is 0 Å². The third-order valence-electron chi connectivity index (χ3n) is 3.38. The van der Waals surface area contributed by atoms with Crippen molar-refractivity contribution < 1.29 is 4.79 Å². The minimum Gasteiger partial charge on any atom is -0.355 e. The third-order valence-corrected chi connectivity index (χ3v) is 3.38. The van der Waals surface area contributed by atoms with Crippen LogP contribution in [0.1, 0.15) is 49.5 Å². The van der Waals surface area contributed by atoms with Crippen LogP contribution >= 0.6 is 0 Å². The Morgan fingerprint density at radius 2 is 2.05 bits per heavy atom. The number of unbranched alkanes of at least 4 members (excludes halogenated alkanes) is 1.